The number of nitrogens with zero attached hydrogens (tertiary/aromatic N) is 3. The lowest BCUT2D eigenvalue weighted by atomic mass is 10.1. The van der Waals surface area contributed by atoms with Crippen LogP contribution in [-0.2, 0) is 13.0 Å². The molecule has 0 aliphatic heterocycles. The van der Waals surface area contributed by atoms with Crippen LogP contribution in [0.25, 0.3) is 0 Å². The summed E-state index contributed by atoms with van der Waals surface area (Å²) in [7, 11) is 0. The summed E-state index contributed by atoms with van der Waals surface area (Å²) in [5.74, 6) is 7.64. The van der Waals surface area contributed by atoms with Gasteiger partial charge in [0.2, 0.25) is 0 Å². The number of hydrogen-bond donors (Lipinski definition) is 3. The zero-order valence-corrected chi connectivity index (χ0v) is 11.1. The maximum Gasteiger partial charge on any atom is 0.156 e. The Morgan fingerprint density at radius 3 is 2.74 bits per heavy atom. The van der Waals surface area contributed by atoms with Gasteiger partial charge in [-0.2, -0.15) is 0 Å². The average Bonchev–Trinajstić information content (AvgIpc) is 2.83. The fraction of sp³-hybridized carbons (Fsp3) is 0.417. The van der Waals surface area contributed by atoms with Crippen molar-refractivity contribution >= 4 is 11.6 Å². The van der Waals surface area contributed by atoms with Crippen LogP contribution >= 0.6 is 0 Å². The molecule has 7 heteroatoms. The van der Waals surface area contributed by atoms with Crippen LogP contribution in [0.3, 0.4) is 0 Å². The maximum absolute atomic E-state index is 5.46. The fourth-order valence-electron chi connectivity index (χ4n) is 1.85. The molecule has 2 aromatic heterocycles. The number of nitrogen functional groups attached to an aromatic ring is 1. The molecule has 0 radical (unpaired) electrons. The largest absolute Gasteiger partial charge is 0.362 e. The van der Waals surface area contributed by atoms with Gasteiger partial charge in [0.1, 0.15) is 18.0 Å². The molecule has 4 N–H and O–H groups in total. The first-order valence-corrected chi connectivity index (χ1v) is 6.21. The first-order chi connectivity index (χ1) is 9.24. The highest BCUT2D eigenvalue weighted by molar-refractivity contribution is 5.56. The maximum atomic E-state index is 5.46. The van der Waals surface area contributed by atoms with E-state index >= 15 is 0 Å². The van der Waals surface area contributed by atoms with Gasteiger partial charge in [0.15, 0.2) is 5.76 Å². The molecule has 2 aromatic rings. The summed E-state index contributed by atoms with van der Waals surface area (Å²) in [6.45, 7) is 4.51. The van der Waals surface area contributed by atoms with Gasteiger partial charge in [0, 0.05) is 11.6 Å². The Bertz CT molecular complexity index is 539. The van der Waals surface area contributed by atoms with Crippen molar-refractivity contribution in [3.05, 3.63) is 29.4 Å². The van der Waals surface area contributed by atoms with E-state index in [2.05, 4.69) is 32.8 Å². The summed E-state index contributed by atoms with van der Waals surface area (Å²) in [5, 5.41) is 7.06. The summed E-state index contributed by atoms with van der Waals surface area (Å²) in [6.07, 6.45) is 3.30. The lowest BCUT2D eigenvalue weighted by Gasteiger charge is -2.12. The van der Waals surface area contributed by atoms with Crippen molar-refractivity contribution in [2.75, 3.05) is 10.7 Å². The number of nitrogens with two attached hydrogens (primary N) is 1. The second kappa shape index (κ2) is 6.14. The summed E-state index contributed by atoms with van der Waals surface area (Å²) in [5.41, 5.74) is 4.43. The van der Waals surface area contributed by atoms with Gasteiger partial charge in [-0.25, -0.2) is 15.8 Å². The van der Waals surface area contributed by atoms with Gasteiger partial charge in [-0.05, 0) is 13.3 Å². The highest BCUT2D eigenvalue weighted by atomic mass is 16.5. The molecule has 0 spiro atoms. The first-order valence-electron chi connectivity index (χ1n) is 6.21. The third kappa shape index (κ3) is 3.19. The van der Waals surface area contributed by atoms with Gasteiger partial charge in [0.25, 0.3) is 0 Å². The molecule has 19 heavy (non-hydrogen) atoms. The van der Waals surface area contributed by atoms with E-state index in [9.17, 15) is 0 Å². The molecule has 0 saturated carbocycles. The van der Waals surface area contributed by atoms with Gasteiger partial charge in [0.05, 0.1) is 12.2 Å². The Kier molecular flexibility index (Phi) is 4.30. The van der Waals surface area contributed by atoms with E-state index in [4.69, 9.17) is 10.4 Å². The van der Waals surface area contributed by atoms with Crippen LogP contribution in [0, 0.1) is 6.92 Å². The second-order valence-electron chi connectivity index (χ2n) is 4.23. The van der Waals surface area contributed by atoms with E-state index in [0.29, 0.717) is 12.4 Å². The van der Waals surface area contributed by atoms with E-state index < -0.39 is 0 Å². The zero-order valence-electron chi connectivity index (χ0n) is 11.1. The SMILES string of the molecule is CCCc1c(NN)ncnc1NCc1cc(C)no1. The topological polar surface area (TPSA) is 102 Å². The van der Waals surface area contributed by atoms with Crippen LogP contribution < -0.4 is 16.6 Å². The van der Waals surface area contributed by atoms with E-state index in [1.54, 1.807) is 0 Å². The summed E-state index contributed by atoms with van der Waals surface area (Å²) >= 11 is 0. The van der Waals surface area contributed by atoms with Crippen LogP contribution in [0.1, 0.15) is 30.4 Å². The number of anilines is 2. The Labute approximate surface area is 111 Å². The predicted molar refractivity (Wildman–Crippen MR) is 72.4 cm³/mol. The Morgan fingerprint density at radius 2 is 2.11 bits per heavy atom. The highest BCUT2D eigenvalue weighted by Crippen LogP contribution is 2.21. The second-order valence-corrected chi connectivity index (χ2v) is 4.23. The molecular weight excluding hydrogens is 244 g/mol. The van der Waals surface area contributed by atoms with Crippen molar-refractivity contribution in [1.29, 1.82) is 0 Å². The smallest absolute Gasteiger partial charge is 0.156 e. The van der Waals surface area contributed by atoms with E-state index in [1.165, 1.54) is 6.33 Å². The monoisotopic (exact) mass is 262 g/mol. The number of aryl methyl sites for hydroxylation is 1. The van der Waals surface area contributed by atoms with Crippen LogP contribution in [-0.4, -0.2) is 15.1 Å². The zero-order chi connectivity index (χ0) is 13.7. The Morgan fingerprint density at radius 1 is 1.32 bits per heavy atom. The minimum absolute atomic E-state index is 0.526. The molecule has 2 rings (SSSR count). The standard InChI is InChI=1S/C12H18N6O/c1-3-4-10-11(15-7-16-12(10)17-13)14-6-9-5-8(2)18-19-9/h5,7H,3-4,6,13H2,1-2H3,(H2,14,15,16,17). The van der Waals surface area contributed by atoms with Crippen LogP contribution in [0.15, 0.2) is 16.9 Å². The number of nitrogens with one attached hydrogen (secondary N) is 2. The van der Waals surface area contributed by atoms with E-state index in [-0.39, 0.29) is 0 Å². The lowest BCUT2D eigenvalue weighted by molar-refractivity contribution is 0.384. The highest BCUT2D eigenvalue weighted by Gasteiger charge is 2.10. The summed E-state index contributed by atoms with van der Waals surface area (Å²) in [4.78, 5) is 8.36. The molecule has 0 bridgehead atoms. The third-order valence-electron chi connectivity index (χ3n) is 2.69. The molecule has 0 amide bonds. The number of hydrazine groups is 1. The number of aromatic nitrogens is 3. The Hall–Kier alpha value is -2.15. The van der Waals surface area contributed by atoms with Gasteiger partial charge in [-0.15, -0.1) is 0 Å². The molecule has 102 valence electrons. The van der Waals surface area contributed by atoms with Crippen molar-refractivity contribution in [1.82, 2.24) is 15.1 Å². The van der Waals surface area contributed by atoms with E-state index in [1.807, 2.05) is 13.0 Å². The molecule has 0 unspecified atom stereocenters. The predicted octanol–water partition coefficient (Wildman–Crippen LogP) is 1.62. The minimum Gasteiger partial charge on any atom is -0.362 e. The molecule has 0 aromatic carbocycles. The minimum atomic E-state index is 0.526. The molecule has 0 saturated heterocycles. The van der Waals surface area contributed by atoms with Crippen molar-refractivity contribution in [2.24, 2.45) is 5.84 Å². The molecule has 0 atom stereocenters. The summed E-state index contributed by atoms with van der Waals surface area (Å²) < 4.78 is 5.15. The van der Waals surface area contributed by atoms with Gasteiger partial charge in [-0.1, -0.05) is 18.5 Å². The van der Waals surface area contributed by atoms with Gasteiger partial charge in [-0.3, -0.25) is 0 Å². The quantitative estimate of drug-likeness (QED) is 0.537. The normalized spacial score (nSPS) is 10.5. The molecule has 0 fully saturated rings. The molecule has 0 aliphatic rings. The lowest BCUT2D eigenvalue weighted by Crippen LogP contribution is -2.14. The molecular formula is C12H18N6O. The third-order valence-corrected chi connectivity index (χ3v) is 2.69. The van der Waals surface area contributed by atoms with E-state index in [0.717, 1.165) is 35.7 Å². The molecule has 0 aliphatic carbocycles. The number of rotatable bonds is 6. The fourth-order valence-corrected chi connectivity index (χ4v) is 1.85. The van der Waals surface area contributed by atoms with Crippen molar-refractivity contribution in [3.63, 3.8) is 0 Å². The summed E-state index contributed by atoms with van der Waals surface area (Å²) in [6, 6.07) is 1.88. The molecule has 2 heterocycles. The number of hydrogen-bond acceptors (Lipinski definition) is 7. The first kappa shape index (κ1) is 13.3. The van der Waals surface area contributed by atoms with Crippen LogP contribution in [0.5, 0.6) is 0 Å². The van der Waals surface area contributed by atoms with Crippen LogP contribution in [0.2, 0.25) is 0 Å². The van der Waals surface area contributed by atoms with Crippen LogP contribution in [0.4, 0.5) is 11.6 Å². The molecule has 7 nitrogen and oxygen atoms in total. The average molecular weight is 262 g/mol. The van der Waals surface area contributed by atoms with Crippen molar-refractivity contribution < 1.29 is 4.52 Å². The van der Waals surface area contributed by atoms with Gasteiger partial charge >= 0.3 is 0 Å². The Balaban J connectivity index is 2.14. The van der Waals surface area contributed by atoms with Crippen molar-refractivity contribution in [3.8, 4) is 0 Å². The van der Waals surface area contributed by atoms with Gasteiger partial charge < -0.3 is 15.3 Å². The van der Waals surface area contributed by atoms with Crippen molar-refractivity contribution in [2.45, 2.75) is 33.2 Å².